The second kappa shape index (κ2) is 16.1. The molecule has 0 spiro atoms. The van der Waals surface area contributed by atoms with Crippen molar-refractivity contribution in [3.05, 3.63) is 112 Å². The number of carbonyl (C=O) groups is 2. The predicted molar refractivity (Wildman–Crippen MR) is 179 cm³/mol. The molecule has 0 fully saturated rings. The number of hydrazone groups is 1. The predicted octanol–water partition coefficient (Wildman–Crippen LogP) is 6.34. The van der Waals surface area contributed by atoms with Crippen LogP contribution < -0.4 is 34.4 Å². The van der Waals surface area contributed by atoms with Crippen molar-refractivity contribution in [1.29, 1.82) is 0 Å². The molecule has 1 aliphatic rings. The number of rotatable bonds is 14. The lowest BCUT2D eigenvalue weighted by molar-refractivity contribution is -0.132. The van der Waals surface area contributed by atoms with Crippen LogP contribution >= 0.6 is 23.2 Å². The van der Waals surface area contributed by atoms with Crippen LogP contribution in [0.5, 0.6) is 28.7 Å². The van der Waals surface area contributed by atoms with E-state index in [2.05, 4.69) is 15.8 Å². The van der Waals surface area contributed by atoms with Crippen LogP contribution in [0.25, 0.3) is 0 Å². The lowest BCUT2D eigenvalue weighted by Crippen LogP contribution is -2.50. The molecule has 2 atom stereocenters. The van der Waals surface area contributed by atoms with Gasteiger partial charge < -0.3 is 29.0 Å². The van der Waals surface area contributed by atoms with E-state index in [9.17, 15) is 9.59 Å². The Labute approximate surface area is 282 Å². The van der Waals surface area contributed by atoms with Gasteiger partial charge in [0.2, 0.25) is 6.79 Å². The molecule has 4 aromatic rings. The van der Waals surface area contributed by atoms with Gasteiger partial charge in [0, 0.05) is 11.4 Å². The number of hydrogen-bond acceptors (Lipinski definition) is 8. The van der Waals surface area contributed by atoms with Crippen molar-refractivity contribution in [2.75, 3.05) is 13.4 Å². The Morgan fingerprint density at radius 1 is 0.872 bits per heavy atom. The Morgan fingerprint density at radius 2 is 1.66 bits per heavy atom. The summed E-state index contributed by atoms with van der Waals surface area (Å²) >= 11 is 12.2. The number of nitrogens with one attached hydrogen (secondary N) is 2. The lowest BCUT2D eigenvalue weighted by atomic mass is 10.1. The number of carbonyl (C=O) groups excluding carboxylic acids is 2. The summed E-state index contributed by atoms with van der Waals surface area (Å²) in [6.45, 7) is 4.36. The number of ether oxygens (including phenoxy) is 5. The first-order valence-electron chi connectivity index (χ1n) is 14.9. The third-order valence-corrected chi connectivity index (χ3v) is 7.50. The molecule has 0 saturated heterocycles. The molecular formula is C35H33Cl2N3O7. The van der Waals surface area contributed by atoms with Gasteiger partial charge in [0.05, 0.1) is 17.8 Å². The minimum absolute atomic E-state index is 0.203. The summed E-state index contributed by atoms with van der Waals surface area (Å²) in [4.78, 5) is 26.4. The third-order valence-electron chi connectivity index (χ3n) is 6.97. The van der Waals surface area contributed by atoms with E-state index in [4.69, 9.17) is 46.9 Å². The van der Waals surface area contributed by atoms with Gasteiger partial charge in [-0.2, -0.15) is 5.10 Å². The van der Waals surface area contributed by atoms with E-state index in [-0.39, 0.29) is 18.2 Å². The zero-order valence-corrected chi connectivity index (χ0v) is 27.2. The SMILES string of the molecule is CCOc1cc(/C=N\NC(=O)[C@@H](Cc2ccccc2)NC(=O)[C@H](C)Oc2ccc(Cl)cc2Cl)ccc1OCc1ccc2c(c1)OCO2. The number of nitrogens with zero attached hydrogens (tertiary/aromatic N) is 1. The first-order chi connectivity index (χ1) is 22.8. The fourth-order valence-corrected chi connectivity index (χ4v) is 5.05. The number of amides is 2. The van der Waals surface area contributed by atoms with Crippen molar-refractivity contribution in [2.45, 2.75) is 39.0 Å². The van der Waals surface area contributed by atoms with Gasteiger partial charge in [-0.3, -0.25) is 9.59 Å². The molecule has 0 bridgehead atoms. The molecule has 47 heavy (non-hydrogen) atoms. The minimum Gasteiger partial charge on any atom is -0.490 e. The maximum absolute atomic E-state index is 13.3. The van der Waals surface area contributed by atoms with Crippen LogP contribution in [0.1, 0.15) is 30.5 Å². The molecule has 0 saturated carbocycles. The quantitative estimate of drug-likeness (QED) is 0.118. The zero-order chi connectivity index (χ0) is 33.2. The summed E-state index contributed by atoms with van der Waals surface area (Å²) in [5, 5.41) is 7.62. The van der Waals surface area contributed by atoms with Gasteiger partial charge in [-0.15, -0.1) is 0 Å². The lowest BCUT2D eigenvalue weighted by Gasteiger charge is -2.21. The van der Waals surface area contributed by atoms with E-state index in [0.717, 1.165) is 11.1 Å². The van der Waals surface area contributed by atoms with Crippen LogP contribution in [0.15, 0.2) is 90.0 Å². The zero-order valence-electron chi connectivity index (χ0n) is 25.7. The Bertz CT molecular complexity index is 1740. The average molecular weight is 679 g/mol. The van der Waals surface area contributed by atoms with E-state index in [1.165, 1.54) is 12.3 Å². The molecule has 12 heteroatoms. The van der Waals surface area contributed by atoms with E-state index in [1.54, 1.807) is 37.3 Å². The molecule has 1 heterocycles. The highest BCUT2D eigenvalue weighted by Crippen LogP contribution is 2.34. The topological polar surface area (TPSA) is 117 Å². The Morgan fingerprint density at radius 3 is 2.45 bits per heavy atom. The molecular weight excluding hydrogens is 645 g/mol. The van der Waals surface area contributed by atoms with Gasteiger partial charge in [0.25, 0.3) is 11.8 Å². The first-order valence-corrected chi connectivity index (χ1v) is 15.6. The smallest absolute Gasteiger partial charge is 0.262 e. The average Bonchev–Trinajstić information content (AvgIpc) is 3.54. The van der Waals surface area contributed by atoms with Crippen molar-refractivity contribution in [3.8, 4) is 28.7 Å². The van der Waals surface area contributed by atoms with Crippen LogP contribution in [0.4, 0.5) is 0 Å². The van der Waals surface area contributed by atoms with Gasteiger partial charge in [0.1, 0.15) is 18.4 Å². The molecule has 4 aromatic carbocycles. The molecule has 0 radical (unpaired) electrons. The minimum atomic E-state index is -0.953. The highest BCUT2D eigenvalue weighted by atomic mass is 35.5. The van der Waals surface area contributed by atoms with Gasteiger partial charge in [-0.05, 0) is 79.1 Å². The molecule has 5 rings (SSSR count). The second-order valence-electron chi connectivity index (χ2n) is 10.4. The van der Waals surface area contributed by atoms with Gasteiger partial charge in [0.15, 0.2) is 29.1 Å². The molecule has 0 aliphatic carbocycles. The Hall–Kier alpha value is -4.93. The van der Waals surface area contributed by atoms with E-state index in [1.807, 2.05) is 55.5 Å². The first kappa shape index (κ1) is 33.4. The number of hydrogen-bond donors (Lipinski definition) is 2. The van der Waals surface area contributed by atoms with Crippen molar-refractivity contribution < 1.29 is 33.3 Å². The highest BCUT2D eigenvalue weighted by Gasteiger charge is 2.25. The summed E-state index contributed by atoms with van der Waals surface area (Å²) in [6, 6.07) is 24.0. The summed E-state index contributed by atoms with van der Waals surface area (Å²) in [6.07, 6.45) is 0.759. The van der Waals surface area contributed by atoms with Crippen molar-refractivity contribution in [1.82, 2.24) is 10.7 Å². The van der Waals surface area contributed by atoms with E-state index >= 15 is 0 Å². The molecule has 2 N–H and O–H groups in total. The summed E-state index contributed by atoms with van der Waals surface area (Å²) in [7, 11) is 0. The van der Waals surface area contributed by atoms with Crippen molar-refractivity contribution >= 4 is 41.2 Å². The van der Waals surface area contributed by atoms with E-state index in [0.29, 0.717) is 52.5 Å². The summed E-state index contributed by atoms with van der Waals surface area (Å²) in [5.74, 6) is 1.73. The van der Waals surface area contributed by atoms with E-state index < -0.39 is 24.0 Å². The number of halogens is 2. The van der Waals surface area contributed by atoms with Crippen molar-refractivity contribution in [2.24, 2.45) is 5.10 Å². The molecule has 0 unspecified atom stereocenters. The number of benzene rings is 4. The highest BCUT2D eigenvalue weighted by molar-refractivity contribution is 6.35. The maximum atomic E-state index is 13.3. The van der Waals surface area contributed by atoms with Crippen molar-refractivity contribution in [3.63, 3.8) is 0 Å². The normalized spacial score (nSPS) is 13.1. The van der Waals surface area contributed by atoms with Gasteiger partial charge >= 0.3 is 0 Å². The van der Waals surface area contributed by atoms with Gasteiger partial charge in [-0.1, -0.05) is 59.6 Å². The third kappa shape index (κ3) is 9.31. The standard InChI is InChI=1S/C35H33Cl2N3O7/c1-3-43-32-16-24(9-12-30(32)44-20-25-10-13-31-33(17-25)46-21-45-31)19-38-40-35(42)28(15-23-7-5-4-6-8-23)39-34(41)22(2)47-29-14-11-26(36)18-27(29)37/h4-14,16-19,22,28H,3,15,20-21H2,1-2H3,(H,39,41)(H,40,42)/b38-19-/t22-,28+/m0/s1. The van der Waals surface area contributed by atoms with Gasteiger partial charge in [-0.25, -0.2) is 5.43 Å². The summed E-state index contributed by atoms with van der Waals surface area (Å²) < 4.78 is 28.4. The molecule has 2 amide bonds. The summed E-state index contributed by atoms with van der Waals surface area (Å²) in [5.41, 5.74) is 4.97. The molecule has 244 valence electrons. The molecule has 0 aromatic heterocycles. The van der Waals surface area contributed by atoms with Crippen LogP contribution in [0, 0.1) is 0 Å². The fraction of sp³-hybridized carbons (Fsp3) is 0.229. The van der Waals surface area contributed by atoms with Crippen LogP contribution in [0.3, 0.4) is 0 Å². The van der Waals surface area contributed by atoms with Crippen LogP contribution in [-0.2, 0) is 22.6 Å². The molecule has 1 aliphatic heterocycles. The van der Waals surface area contributed by atoms with Crippen LogP contribution in [0.2, 0.25) is 10.0 Å². The molecule has 10 nitrogen and oxygen atoms in total. The largest absolute Gasteiger partial charge is 0.490 e. The number of fused-ring (bicyclic) bond motifs is 1. The van der Waals surface area contributed by atoms with Crippen LogP contribution in [-0.4, -0.2) is 43.6 Å². The Balaban J connectivity index is 1.22. The fourth-order valence-electron chi connectivity index (χ4n) is 4.60. The monoisotopic (exact) mass is 677 g/mol. The Kier molecular flexibility index (Phi) is 11.4. The maximum Gasteiger partial charge on any atom is 0.262 e. The second-order valence-corrected chi connectivity index (χ2v) is 11.3.